The molecule has 3 aromatic heterocycles. The van der Waals surface area contributed by atoms with Gasteiger partial charge in [0.25, 0.3) is 0 Å². The molecule has 5 rings (SSSR count). The first kappa shape index (κ1) is 22.1. The molecule has 9 heteroatoms. The summed E-state index contributed by atoms with van der Waals surface area (Å²) >= 11 is 0. The van der Waals surface area contributed by atoms with Crippen LogP contribution in [0.5, 0.6) is 0 Å². The first-order valence-electron chi connectivity index (χ1n) is 11.0. The maximum atomic E-state index is 11.7. The number of hydrogen-bond donors (Lipinski definition) is 1. The van der Waals surface area contributed by atoms with Crippen molar-refractivity contribution in [2.75, 3.05) is 11.6 Å². The van der Waals surface area contributed by atoms with Gasteiger partial charge >= 0.3 is 0 Å². The molecular weight excluding hydrogens is 448 g/mol. The van der Waals surface area contributed by atoms with Gasteiger partial charge in [-0.15, -0.1) is 0 Å². The van der Waals surface area contributed by atoms with Crippen LogP contribution in [0.15, 0.2) is 53.4 Å². The molecule has 0 aliphatic carbocycles. The second-order valence-electron chi connectivity index (χ2n) is 8.69. The summed E-state index contributed by atoms with van der Waals surface area (Å²) in [7, 11) is -1.26. The molecule has 34 heavy (non-hydrogen) atoms. The van der Waals surface area contributed by atoms with E-state index in [0.29, 0.717) is 11.4 Å². The van der Waals surface area contributed by atoms with Gasteiger partial charge in [0.15, 0.2) is 15.5 Å². The Hall–Kier alpha value is -3.72. The number of benzene rings is 2. The molecule has 3 heterocycles. The van der Waals surface area contributed by atoms with Gasteiger partial charge < -0.3 is 5.32 Å². The van der Waals surface area contributed by atoms with E-state index < -0.39 is 9.84 Å². The summed E-state index contributed by atoms with van der Waals surface area (Å²) in [5.41, 5.74) is 7.64. The second kappa shape index (κ2) is 7.95. The van der Waals surface area contributed by atoms with Gasteiger partial charge in [0, 0.05) is 42.6 Å². The Morgan fingerprint density at radius 2 is 1.68 bits per heavy atom. The number of fused-ring (bicyclic) bond motifs is 2. The minimum atomic E-state index is -3.21. The Bertz CT molecular complexity index is 1660. The Morgan fingerprint density at radius 1 is 0.941 bits per heavy atom. The molecule has 0 bridgehead atoms. The van der Waals surface area contributed by atoms with Crippen molar-refractivity contribution < 1.29 is 8.42 Å². The van der Waals surface area contributed by atoms with Crippen LogP contribution in [-0.2, 0) is 23.4 Å². The third-order valence-corrected chi connectivity index (χ3v) is 7.17. The number of nitrogens with zero attached hydrogens (tertiary/aromatic N) is 5. The van der Waals surface area contributed by atoms with Crippen molar-refractivity contribution in [2.24, 2.45) is 7.05 Å². The number of nitrogens with one attached hydrogen (secondary N) is 1. The fourth-order valence-electron chi connectivity index (χ4n) is 4.35. The zero-order valence-electron chi connectivity index (χ0n) is 19.8. The molecule has 0 amide bonds. The van der Waals surface area contributed by atoms with Crippen LogP contribution in [0.2, 0.25) is 0 Å². The fraction of sp³-hybridized carbons (Fsp3) is 0.240. The molecule has 0 aliphatic rings. The minimum Gasteiger partial charge on any atom is -0.366 e. The Labute approximate surface area is 198 Å². The summed E-state index contributed by atoms with van der Waals surface area (Å²) in [6, 6.07) is 15.2. The smallest absolute Gasteiger partial charge is 0.175 e. The molecular formula is C25H26N6O2S. The first-order valence-corrected chi connectivity index (χ1v) is 12.8. The molecule has 0 radical (unpaired) electrons. The maximum absolute atomic E-state index is 11.7. The van der Waals surface area contributed by atoms with Gasteiger partial charge in [-0.05, 0) is 56.2 Å². The predicted octanol–water partition coefficient (Wildman–Crippen LogP) is 4.22. The number of sulfone groups is 1. The topological polar surface area (TPSA) is 94.2 Å². The van der Waals surface area contributed by atoms with Crippen LogP contribution in [0.3, 0.4) is 0 Å². The standard InChI is InChI=1S/C25H26N6O2S/c1-15-12-23(26-14-18-6-9-20(10-7-18)34(5,32)33)31-25(27-15)24(17(3)29-31)19-8-11-22-21(13-19)16(2)28-30(22)4/h6-13,26H,14H2,1-5H3. The monoisotopic (exact) mass is 474 g/mol. The normalized spacial score (nSPS) is 12.0. The average molecular weight is 475 g/mol. The molecule has 0 unspecified atom stereocenters. The largest absolute Gasteiger partial charge is 0.366 e. The van der Waals surface area contributed by atoms with Gasteiger partial charge in [-0.3, -0.25) is 4.68 Å². The summed E-state index contributed by atoms with van der Waals surface area (Å²) in [5.74, 6) is 0.822. The molecule has 1 N–H and O–H groups in total. The summed E-state index contributed by atoms with van der Waals surface area (Å²) in [5, 5.41) is 13.9. The zero-order chi connectivity index (χ0) is 24.2. The molecule has 0 atom stereocenters. The van der Waals surface area contributed by atoms with Crippen LogP contribution in [0.1, 0.15) is 22.6 Å². The third-order valence-electron chi connectivity index (χ3n) is 6.04. The molecule has 0 spiro atoms. The number of aromatic nitrogens is 5. The highest BCUT2D eigenvalue weighted by Gasteiger charge is 2.17. The lowest BCUT2D eigenvalue weighted by Crippen LogP contribution is -2.07. The van der Waals surface area contributed by atoms with Crippen LogP contribution in [0.25, 0.3) is 27.7 Å². The second-order valence-corrected chi connectivity index (χ2v) is 10.7. The quantitative estimate of drug-likeness (QED) is 0.410. The first-order chi connectivity index (χ1) is 16.1. The highest BCUT2D eigenvalue weighted by molar-refractivity contribution is 7.90. The van der Waals surface area contributed by atoms with Crippen LogP contribution in [-0.4, -0.2) is 39.1 Å². The third kappa shape index (κ3) is 3.81. The Kier molecular flexibility index (Phi) is 5.16. The van der Waals surface area contributed by atoms with E-state index in [-0.39, 0.29) is 0 Å². The van der Waals surface area contributed by atoms with Crippen molar-refractivity contribution in [3.05, 3.63) is 71.2 Å². The summed E-state index contributed by atoms with van der Waals surface area (Å²) in [4.78, 5) is 5.12. The van der Waals surface area contributed by atoms with E-state index in [1.807, 2.05) is 55.2 Å². The molecule has 0 saturated carbocycles. The molecule has 8 nitrogen and oxygen atoms in total. The fourth-order valence-corrected chi connectivity index (χ4v) is 4.98. The van der Waals surface area contributed by atoms with Gasteiger partial charge in [-0.2, -0.15) is 14.7 Å². The lowest BCUT2D eigenvalue weighted by atomic mass is 10.0. The number of rotatable bonds is 5. The zero-order valence-corrected chi connectivity index (χ0v) is 20.6. The van der Waals surface area contributed by atoms with Gasteiger partial charge in [0.1, 0.15) is 5.82 Å². The molecule has 0 aliphatic heterocycles. The summed E-state index contributed by atoms with van der Waals surface area (Å²) in [6.45, 7) is 6.50. The van der Waals surface area contributed by atoms with Crippen molar-refractivity contribution in [1.82, 2.24) is 24.4 Å². The van der Waals surface area contributed by atoms with E-state index in [1.165, 1.54) is 6.26 Å². The van der Waals surface area contributed by atoms with Gasteiger partial charge in [0.2, 0.25) is 0 Å². The minimum absolute atomic E-state index is 0.312. The Balaban J connectivity index is 1.53. The summed E-state index contributed by atoms with van der Waals surface area (Å²) < 4.78 is 27.2. The molecule has 2 aromatic carbocycles. The van der Waals surface area contributed by atoms with Crippen molar-refractivity contribution in [3.63, 3.8) is 0 Å². The van der Waals surface area contributed by atoms with E-state index in [4.69, 9.17) is 10.1 Å². The summed E-state index contributed by atoms with van der Waals surface area (Å²) in [6.07, 6.45) is 1.21. The van der Waals surface area contributed by atoms with E-state index >= 15 is 0 Å². The lowest BCUT2D eigenvalue weighted by molar-refractivity contribution is 0.602. The Morgan fingerprint density at radius 3 is 2.38 bits per heavy atom. The van der Waals surface area contributed by atoms with Gasteiger partial charge in [-0.25, -0.2) is 13.4 Å². The molecule has 5 aromatic rings. The van der Waals surface area contributed by atoms with E-state index in [2.05, 4.69) is 28.6 Å². The SMILES string of the molecule is Cc1cc(NCc2ccc(S(C)(=O)=O)cc2)n2nc(C)c(-c3ccc4c(c3)c(C)nn4C)c2n1. The lowest BCUT2D eigenvalue weighted by Gasteiger charge is -2.10. The number of anilines is 1. The maximum Gasteiger partial charge on any atom is 0.175 e. The van der Waals surface area contributed by atoms with E-state index in [0.717, 1.165) is 56.1 Å². The average Bonchev–Trinajstić information content (AvgIpc) is 3.26. The van der Waals surface area contributed by atoms with Crippen LogP contribution >= 0.6 is 0 Å². The van der Waals surface area contributed by atoms with Crippen LogP contribution in [0.4, 0.5) is 5.82 Å². The van der Waals surface area contributed by atoms with Crippen molar-refractivity contribution in [2.45, 2.75) is 32.2 Å². The van der Waals surface area contributed by atoms with Gasteiger partial charge in [0.05, 0.1) is 21.8 Å². The highest BCUT2D eigenvalue weighted by Crippen LogP contribution is 2.32. The molecule has 0 fully saturated rings. The van der Waals surface area contributed by atoms with Crippen LogP contribution < -0.4 is 5.32 Å². The molecule has 0 saturated heterocycles. The number of hydrogen-bond acceptors (Lipinski definition) is 6. The van der Waals surface area contributed by atoms with Gasteiger partial charge in [-0.1, -0.05) is 18.2 Å². The number of aryl methyl sites for hydroxylation is 4. The molecule has 174 valence electrons. The van der Waals surface area contributed by atoms with E-state index in [9.17, 15) is 8.42 Å². The van der Waals surface area contributed by atoms with Crippen molar-refractivity contribution in [3.8, 4) is 11.1 Å². The van der Waals surface area contributed by atoms with Crippen molar-refractivity contribution >= 4 is 32.2 Å². The van der Waals surface area contributed by atoms with E-state index in [1.54, 1.807) is 12.1 Å². The van der Waals surface area contributed by atoms with Crippen molar-refractivity contribution in [1.29, 1.82) is 0 Å². The predicted molar refractivity (Wildman–Crippen MR) is 134 cm³/mol. The van der Waals surface area contributed by atoms with Crippen LogP contribution in [0, 0.1) is 20.8 Å². The highest BCUT2D eigenvalue weighted by atomic mass is 32.2.